The van der Waals surface area contributed by atoms with Crippen molar-refractivity contribution in [2.75, 3.05) is 5.75 Å². The van der Waals surface area contributed by atoms with Gasteiger partial charge in [0.05, 0.1) is 0 Å². The Morgan fingerprint density at radius 2 is 1.88 bits per heavy atom. The van der Waals surface area contributed by atoms with E-state index in [1.54, 1.807) is 23.9 Å². The van der Waals surface area contributed by atoms with Crippen molar-refractivity contribution < 1.29 is 28.2 Å². The fourth-order valence-corrected chi connectivity index (χ4v) is 3.19. The third-order valence-electron chi connectivity index (χ3n) is 3.40. The first-order valence-electron chi connectivity index (χ1n) is 7.28. The van der Waals surface area contributed by atoms with E-state index in [9.17, 15) is 13.6 Å². The molecule has 4 nitrogen and oxygen atoms in total. The van der Waals surface area contributed by atoms with Crippen molar-refractivity contribution >= 4 is 17.7 Å². The topological polar surface area (TPSA) is 55.8 Å². The number of thioether (sulfide) groups is 1. The van der Waals surface area contributed by atoms with Gasteiger partial charge in [-0.3, -0.25) is 4.79 Å². The number of carbonyl (C=O) groups is 1. The molecule has 0 unspecified atom stereocenters. The number of para-hydroxylation sites is 1. The zero-order chi connectivity index (χ0) is 17.2. The number of carboxylic acid groups (broad SMARTS) is 1. The van der Waals surface area contributed by atoms with Gasteiger partial charge in [0.1, 0.15) is 0 Å². The second-order valence-electron chi connectivity index (χ2n) is 5.17. The minimum atomic E-state index is -3.64. The first-order chi connectivity index (χ1) is 11.4. The fourth-order valence-electron chi connectivity index (χ4n) is 2.34. The molecule has 0 atom stereocenters. The van der Waals surface area contributed by atoms with Crippen LogP contribution in [0.4, 0.5) is 8.78 Å². The quantitative estimate of drug-likeness (QED) is 0.607. The van der Waals surface area contributed by atoms with Crippen LogP contribution in [0.2, 0.25) is 0 Å². The summed E-state index contributed by atoms with van der Waals surface area (Å²) in [7, 11) is 0. The molecule has 0 aromatic heterocycles. The Morgan fingerprint density at radius 3 is 2.58 bits per heavy atom. The van der Waals surface area contributed by atoms with Crippen LogP contribution in [0.5, 0.6) is 11.5 Å². The molecule has 0 aliphatic carbocycles. The second kappa shape index (κ2) is 6.68. The summed E-state index contributed by atoms with van der Waals surface area (Å²) < 4.78 is 35.5. The van der Waals surface area contributed by atoms with Crippen molar-refractivity contribution in [1.29, 1.82) is 0 Å². The lowest BCUT2D eigenvalue weighted by molar-refractivity contribution is -0.286. The smallest absolute Gasteiger partial charge is 0.481 e. The first-order valence-corrected chi connectivity index (χ1v) is 8.27. The van der Waals surface area contributed by atoms with Gasteiger partial charge in [0, 0.05) is 16.9 Å². The average molecular weight is 352 g/mol. The number of rotatable bonds is 6. The van der Waals surface area contributed by atoms with Gasteiger partial charge in [0.25, 0.3) is 0 Å². The maximum atomic E-state index is 13.2. The highest BCUT2D eigenvalue weighted by molar-refractivity contribution is 7.99. The number of hydrogen-bond donors (Lipinski definition) is 1. The molecule has 0 saturated heterocycles. The van der Waals surface area contributed by atoms with Crippen molar-refractivity contribution in [3.05, 3.63) is 42.5 Å². The van der Waals surface area contributed by atoms with Gasteiger partial charge in [-0.1, -0.05) is 24.3 Å². The van der Waals surface area contributed by atoms with E-state index in [1.807, 2.05) is 24.3 Å². The zero-order valence-electron chi connectivity index (χ0n) is 12.5. The van der Waals surface area contributed by atoms with E-state index in [-0.39, 0.29) is 17.9 Å². The van der Waals surface area contributed by atoms with E-state index in [0.29, 0.717) is 17.7 Å². The van der Waals surface area contributed by atoms with Gasteiger partial charge in [-0.25, -0.2) is 0 Å². The van der Waals surface area contributed by atoms with Gasteiger partial charge in [-0.05, 0) is 35.9 Å². The third kappa shape index (κ3) is 3.79. The Labute approximate surface area is 141 Å². The number of alkyl halides is 2. The van der Waals surface area contributed by atoms with Crippen LogP contribution in [-0.2, 0) is 4.79 Å². The normalized spacial score (nSPS) is 14.6. The lowest BCUT2D eigenvalue weighted by Gasteiger charge is -2.08. The van der Waals surface area contributed by atoms with Crippen LogP contribution in [-0.4, -0.2) is 23.1 Å². The van der Waals surface area contributed by atoms with Crippen molar-refractivity contribution in [1.82, 2.24) is 0 Å². The molecule has 1 heterocycles. The lowest BCUT2D eigenvalue weighted by atomic mass is 10.0. The number of hydrogen-bond acceptors (Lipinski definition) is 4. The van der Waals surface area contributed by atoms with Crippen LogP contribution in [0.15, 0.2) is 47.4 Å². The first kappa shape index (κ1) is 16.6. The minimum Gasteiger partial charge on any atom is -0.481 e. The summed E-state index contributed by atoms with van der Waals surface area (Å²) in [6.07, 6.45) is -2.90. The summed E-state index contributed by atoms with van der Waals surface area (Å²) in [6.45, 7) is 0. The summed E-state index contributed by atoms with van der Waals surface area (Å²) in [5, 5.41) is 8.60. The predicted molar refractivity (Wildman–Crippen MR) is 85.7 cm³/mol. The molecule has 7 heteroatoms. The highest BCUT2D eigenvalue weighted by Crippen LogP contribution is 2.47. The number of carboxylic acids is 1. The Balaban J connectivity index is 1.71. The molecule has 1 aliphatic heterocycles. The highest BCUT2D eigenvalue weighted by Gasteiger charge is 2.44. The molecule has 0 bridgehead atoms. The van der Waals surface area contributed by atoms with Crippen LogP contribution in [0.25, 0.3) is 11.1 Å². The summed E-state index contributed by atoms with van der Waals surface area (Å²) in [6, 6.07) is 12.1. The van der Waals surface area contributed by atoms with Crippen LogP contribution < -0.4 is 9.47 Å². The largest absolute Gasteiger partial charge is 0.586 e. The maximum absolute atomic E-state index is 13.2. The van der Waals surface area contributed by atoms with E-state index in [0.717, 1.165) is 10.5 Å². The van der Waals surface area contributed by atoms with Crippen LogP contribution in [0.3, 0.4) is 0 Å². The van der Waals surface area contributed by atoms with Gasteiger partial charge < -0.3 is 14.6 Å². The molecule has 1 N–H and O–H groups in total. The van der Waals surface area contributed by atoms with Crippen LogP contribution >= 0.6 is 11.8 Å². The highest BCUT2D eigenvalue weighted by atomic mass is 32.2. The third-order valence-corrected chi connectivity index (χ3v) is 4.50. The number of aliphatic carboxylic acids is 1. The molecular weight excluding hydrogens is 338 g/mol. The van der Waals surface area contributed by atoms with E-state index >= 15 is 0 Å². The maximum Gasteiger partial charge on any atom is 0.586 e. The van der Waals surface area contributed by atoms with Gasteiger partial charge in [0.15, 0.2) is 11.5 Å². The van der Waals surface area contributed by atoms with Gasteiger partial charge in [-0.15, -0.1) is 20.5 Å². The number of fused-ring (bicyclic) bond motifs is 1. The summed E-state index contributed by atoms with van der Waals surface area (Å²) >= 11 is 1.55. The average Bonchev–Trinajstić information content (AvgIpc) is 2.85. The SMILES string of the molecule is O=C(O)CCCSc1ccc(-c2cccc3c2OC(F)(F)O3)cc1. The number of halogens is 2. The summed E-state index contributed by atoms with van der Waals surface area (Å²) in [5.74, 6) is -0.0490. The monoisotopic (exact) mass is 352 g/mol. The molecule has 0 fully saturated rings. The van der Waals surface area contributed by atoms with Crippen molar-refractivity contribution in [2.24, 2.45) is 0 Å². The van der Waals surface area contributed by atoms with Gasteiger partial charge in [0.2, 0.25) is 0 Å². The molecule has 2 aromatic rings. The zero-order valence-corrected chi connectivity index (χ0v) is 13.3. The van der Waals surface area contributed by atoms with Crippen molar-refractivity contribution in [2.45, 2.75) is 24.0 Å². The molecule has 1 aliphatic rings. The van der Waals surface area contributed by atoms with E-state index in [4.69, 9.17) is 5.11 Å². The second-order valence-corrected chi connectivity index (χ2v) is 6.34. The Kier molecular flexibility index (Phi) is 4.62. The molecule has 0 spiro atoms. The minimum absolute atomic E-state index is 0.0182. The van der Waals surface area contributed by atoms with E-state index in [2.05, 4.69) is 9.47 Å². The molecule has 2 aromatic carbocycles. The fraction of sp³-hybridized carbons (Fsp3) is 0.235. The Morgan fingerprint density at radius 1 is 1.12 bits per heavy atom. The molecule has 0 radical (unpaired) electrons. The van der Waals surface area contributed by atoms with Gasteiger partial charge >= 0.3 is 12.3 Å². The van der Waals surface area contributed by atoms with Crippen LogP contribution in [0, 0.1) is 0 Å². The number of benzene rings is 2. The predicted octanol–water partition coefficient (Wildman–Crippen LogP) is 4.63. The standard InChI is InChI=1S/C17H14F2O4S/c18-17(19)22-14-4-1-3-13(16(14)23-17)11-6-8-12(9-7-11)24-10-2-5-15(20)21/h1,3-4,6-9H,2,5,10H2,(H,20,21). The van der Waals surface area contributed by atoms with Crippen molar-refractivity contribution in [3.8, 4) is 22.6 Å². The summed E-state index contributed by atoms with van der Waals surface area (Å²) in [5.41, 5.74) is 1.27. The molecule has 3 rings (SSSR count). The molecule has 126 valence electrons. The molecule has 0 saturated carbocycles. The van der Waals surface area contributed by atoms with Crippen molar-refractivity contribution in [3.63, 3.8) is 0 Å². The summed E-state index contributed by atoms with van der Waals surface area (Å²) in [4.78, 5) is 11.5. The number of ether oxygens (including phenoxy) is 2. The Bertz CT molecular complexity index is 747. The van der Waals surface area contributed by atoms with Gasteiger partial charge in [-0.2, -0.15) is 0 Å². The molecule has 0 amide bonds. The lowest BCUT2D eigenvalue weighted by Crippen LogP contribution is -2.26. The molecular formula is C17H14F2O4S. The van der Waals surface area contributed by atoms with E-state index in [1.165, 1.54) is 6.07 Å². The Hall–Kier alpha value is -2.28. The molecule has 24 heavy (non-hydrogen) atoms. The van der Waals surface area contributed by atoms with Crippen LogP contribution in [0.1, 0.15) is 12.8 Å². The van der Waals surface area contributed by atoms with E-state index < -0.39 is 12.3 Å².